The molecule has 1 aliphatic heterocycles. The molecule has 1 fully saturated rings. The van der Waals surface area contributed by atoms with E-state index in [1.807, 2.05) is 51.1 Å². The Kier molecular flexibility index (Phi) is 20.7. The lowest BCUT2D eigenvalue weighted by atomic mass is 9.87. The third kappa shape index (κ3) is 14.6. The molecule has 0 spiro atoms. The third-order valence-electron chi connectivity index (χ3n) is 11.6. The summed E-state index contributed by atoms with van der Waals surface area (Å²) >= 11 is 0. The summed E-state index contributed by atoms with van der Waals surface area (Å²) in [5.74, 6) is -5.32. The summed E-state index contributed by atoms with van der Waals surface area (Å²) in [6.07, 6.45) is 2.05. The van der Waals surface area contributed by atoms with Crippen molar-refractivity contribution in [2.24, 2.45) is 17.6 Å². The van der Waals surface area contributed by atoms with Crippen molar-refractivity contribution in [3.8, 4) is 5.75 Å². The molecule has 7 atom stereocenters. The van der Waals surface area contributed by atoms with Crippen LogP contribution in [0.5, 0.6) is 5.75 Å². The average molecular weight is 884 g/mol. The van der Waals surface area contributed by atoms with Crippen LogP contribution in [0, 0.1) is 11.8 Å². The molecule has 8 N–H and O–H groups in total. The number of carbonyl (C=O) groups excluding carboxylic acids is 6. The van der Waals surface area contributed by atoms with Gasteiger partial charge in [-0.15, -0.1) is 0 Å². The average Bonchev–Trinajstić information content (AvgIpc) is 3.72. The molecule has 64 heavy (non-hydrogen) atoms. The van der Waals surface area contributed by atoms with Crippen molar-refractivity contribution in [1.29, 1.82) is 0 Å². The number of nitrogens with zero attached hydrogens (tertiary/aromatic N) is 1. The molecule has 14 heteroatoms. The third-order valence-corrected chi connectivity index (χ3v) is 11.6. The minimum absolute atomic E-state index is 0.0310. The van der Waals surface area contributed by atoms with Gasteiger partial charge >= 0.3 is 0 Å². The highest BCUT2D eigenvalue weighted by molar-refractivity contribution is 5.98. The van der Waals surface area contributed by atoms with Gasteiger partial charge in [0.1, 0.15) is 17.8 Å². The van der Waals surface area contributed by atoms with E-state index in [0.29, 0.717) is 31.4 Å². The number of aromatic hydroxyl groups is 1. The molecular weight excluding hydrogens is 813 g/mol. The SMILES string of the molecule is CC.CCC[C@H]1C(=O)C[C@@H](Cc2ccc(O)cc2)C(=O)N[C@H](Cc2c[nH]c3ccccc23)C(=O)C[C@@H](CCCCN)C(=O)N[C@@H]([C@@H](C)O)C(=O)NC(Cc2ccccc2)C(=O)N1C.[2H]C. The maximum Gasteiger partial charge on any atom is 0.245 e. The van der Waals surface area contributed by atoms with E-state index >= 15 is 0 Å². The number of carbonyl (C=O) groups is 6. The number of benzene rings is 3. The Morgan fingerprint density at radius 2 is 1.36 bits per heavy atom. The molecule has 348 valence electrons. The number of hydrogen-bond acceptors (Lipinski definition) is 9. The van der Waals surface area contributed by atoms with Crippen LogP contribution in [0.25, 0.3) is 10.9 Å². The van der Waals surface area contributed by atoms with Crippen LogP contribution in [0.4, 0.5) is 0 Å². The zero-order valence-corrected chi connectivity index (χ0v) is 38.3. The van der Waals surface area contributed by atoms with Gasteiger partial charge in [-0.25, -0.2) is 0 Å². The van der Waals surface area contributed by atoms with Gasteiger partial charge < -0.3 is 41.8 Å². The smallest absolute Gasteiger partial charge is 0.245 e. The highest BCUT2D eigenvalue weighted by Crippen LogP contribution is 2.25. The van der Waals surface area contributed by atoms with Crippen molar-refractivity contribution < 1.29 is 40.4 Å². The molecule has 2 heterocycles. The predicted molar refractivity (Wildman–Crippen MR) is 250 cm³/mol. The van der Waals surface area contributed by atoms with E-state index in [2.05, 4.69) is 20.9 Å². The minimum atomic E-state index is -1.50. The first kappa shape index (κ1) is 50.8. The van der Waals surface area contributed by atoms with E-state index in [1.54, 1.807) is 42.6 Å². The lowest BCUT2D eigenvalue weighted by molar-refractivity contribution is -0.143. The summed E-state index contributed by atoms with van der Waals surface area (Å²) < 4.78 is 5.75. The van der Waals surface area contributed by atoms with E-state index in [4.69, 9.17) is 7.10 Å². The Morgan fingerprint density at radius 1 is 0.750 bits per heavy atom. The quantitative estimate of drug-likeness (QED) is 0.0863. The number of aliphatic hydroxyl groups excluding tert-OH is 1. The van der Waals surface area contributed by atoms with Gasteiger partial charge in [-0.1, -0.05) is 102 Å². The summed E-state index contributed by atoms with van der Waals surface area (Å²) in [7, 11) is 2.74. The monoisotopic (exact) mass is 884 g/mol. The number of para-hydroxylation sites is 1. The molecular formula is C50H70N6O8. The molecule has 0 bridgehead atoms. The lowest BCUT2D eigenvalue weighted by Gasteiger charge is -2.33. The van der Waals surface area contributed by atoms with E-state index in [0.717, 1.165) is 22.0 Å². The second-order valence-electron chi connectivity index (χ2n) is 16.2. The Morgan fingerprint density at radius 3 is 2.02 bits per heavy atom. The molecule has 0 aliphatic carbocycles. The number of aliphatic hydroxyl groups is 1. The Balaban J connectivity index is 0.00000273. The number of nitrogens with one attached hydrogen (secondary N) is 4. The van der Waals surface area contributed by atoms with Gasteiger partial charge in [-0.3, -0.25) is 28.8 Å². The van der Waals surface area contributed by atoms with Gasteiger partial charge in [0, 0.05) is 63.0 Å². The summed E-state index contributed by atoms with van der Waals surface area (Å²) in [5, 5.41) is 30.2. The topological polar surface area (TPSA) is 224 Å². The number of aromatic amines is 1. The molecule has 1 aliphatic rings. The maximum atomic E-state index is 14.6. The standard InChI is InChI=1S/C47H60N6O8.C2H6.CH4/c1-4-12-40-42(57)27-33(23-31-18-20-35(55)21-19-31)45(59)50-38(25-34-28-49-37-17-9-8-16-36(34)37)41(56)26-32(15-10-11-22-48)44(58)52-43(29(2)54)46(60)51-39(47(61)53(40)3)24-30-13-6-5-7-14-30;1-2;/h5-9,13-14,16-21,28-29,32-33,38-40,43,49,54-55H,4,10-12,15,22-27,48H2,1-3H3,(H,50,59)(H,51,60)(H,52,58);1-2H3;1H4/t29-,32-,33-,38-,39?,40+,43+;;/m1../s1/i;;1D. The number of fused-ring (bicyclic) bond motifs is 1. The van der Waals surface area contributed by atoms with Crippen molar-refractivity contribution in [1.82, 2.24) is 25.8 Å². The number of phenols is 1. The van der Waals surface area contributed by atoms with Gasteiger partial charge in [0.25, 0.3) is 0 Å². The number of unbranched alkanes of at least 4 members (excludes halogenated alkanes) is 1. The molecule has 1 unspecified atom stereocenters. The Labute approximate surface area is 379 Å². The van der Waals surface area contributed by atoms with E-state index < -0.39 is 71.5 Å². The highest BCUT2D eigenvalue weighted by Gasteiger charge is 2.38. The van der Waals surface area contributed by atoms with Crippen molar-refractivity contribution in [3.63, 3.8) is 0 Å². The maximum absolute atomic E-state index is 14.6. The molecule has 0 radical (unpaired) electrons. The fourth-order valence-corrected chi connectivity index (χ4v) is 8.09. The van der Waals surface area contributed by atoms with Gasteiger partial charge in [-0.05, 0) is 74.0 Å². The Bertz CT molecular complexity index is 2130. The normalized spacial score (nSPS) is 22.3. The molecule has 14 nitrogen and oxygen atoms in total. The number of H-pyrrole nitrogens is 1. The number of hydrogen-bond donors (Lipinski definition) is 7. The number of Topliss-reactive ketones (excluding diaryl/α,β-unsaturated/α-hetero) is 2. The van der Waals surface area contributed by atoms with Crippen molar-refractivity contribution in [2.75, 3.05) is 13.6 Å². The number of aromatic nitrogens is 1. The molecule has 3 aromatic carbocycles. The molecule has 5 rings (SSSR count). The summed E-state index contributed by atoms with van der Waals surface area (Å²) in [4.78, 5) is 91.0. The molecule has 4 amide bonds. The molecule has 1 saturated heterocycles. The number of phenolic OH excluding ortho intramolecular Hbond substituents is 1. The minimum Gasteiger partial charge on any atom is -0.508 e. The van der Waals surface area contributed by atoms with Crippen LogP contribution in [0.2, 0.25) is 0 Å². The van der Waals surface area contributed by atoms with Crippen molar-refractivity contribution >= 4 is 46.1 Å². The summed E-state index contributed by atoms with van der Waals surface area (Å²) in [6.45, 7) is 7.58. The van der Waals surface area contributed by atoms with Gasteiger partial charge in [0.15, 0.2) is 11.6 Å². The van der Waals surface area contributed by atoms with Crippen LogP contribution in [-0.4, -0.2) is 99.2 Å². The van der Waals surface area contributed by atoms with E-state index in [-0.39, 0.29) is 56.5 Å². The van der Waals surface area contributed by atoms with Crippen molar-refractivity contribution in [2.45, 2.75) is 130 Å². The predicted octanol–water partition coefficient (Wildman–Crippen LogP) is 5.32. The van der Waals surface area contributed by atoms with E-state index in [9.17, 15) is 39.0 Å². The van der Waals surface area contributed by atoms with Crippen LogP contribution in [-0.2, 0) is 48.0 Å². The van der Waals surface area contributed by atoms with Gasteiger partial charge in [-0.2, -0.15) is 0 Å². The zero-order valence-electron chi connectivity index (χ0n) is 39.3. The van der Waals surface area contributed by atoms with Crippen LogP contribution in [0.3, 0.4) is 0 Å². The first-order valence-electron chi connectivity index (χ1n) is 23.3. The van der Waals surface area contributed by atoms with Crippen LogP contribution in [0.15, 0.2) is 85.1 Å². The number of amides is 4. The molecule has 0 saturated carbocycles. The molecule has 1 aromatic heterocycles. The van der Waals surface area contributed by atoms with Crippen LogP contribution in [0.1, 0.15) is 98.1 Å². The number of likely N-dealkylation sites (N-methyl/N-ethyl adjacent to an activating group) is 1. The highest BCUT2D eigenvalue weighted by atomic mass is 16.3. The Hall–Kier alpha value is -5.86. The fraction of sp³-hybridized carbons (Fsp3) is 0.480. The van der Waals surface area contributed by atoms with Gasteiger partial charge in [0.05, 0.1) is 18.2 Å². The fourth-order valence-electron chi connectivity index (χ4n) is 8.09. The zero-order chi connectivity index (χ0) is 48.1. The van der Waals surface area contributed by atoms with E-state index in [1.165, 1.54) is 38.4 Å². The summed E-state index contributed by atoms with van der Waals surface area (Å²) in [5.41, 5.74) is 8.77. The number of nitrogens with two attached hydrogens (primary N) is 1. The first-order valence-corrected chi connectivity index (χ1v) is 22.3. The largest absolute Gasteiger partial charge is 0.508 e. The molecule has 4 aromatic rings. The number of ketones is 2. The van der Waals surface area contributed by atoms with Crippen molar-refractivity contribution in [3.05, 3.63) is 102 Å². The van der Waals surface area contributed by atoms with Crippen LogP contribution < -0.4 is 21.7 Å². The second kappa shape index (κ2) is 26.1. The first-order chi connectivity index (χ1) is 31.3. The lowest BCUT2D eigenvalue weighted by Crippen LogP contribution is -2.59. The number of rotatable bonds is 13. The van der Waals surface area contributed by atoms with Crippen LogP contribution >= 0.6 is 0 Å². The second-order valence-corrected chi connectivity index (χ2v) is 16.2. The summed E-state index contributed by atoms with van der Waals surface area (Å²) in [6, 6.07) is 18.1. The van der Waals surface area contributed by atoms with Gasteiger partial charge in [0.2, 0.25) is 23.6 Å².